The molecular weight excluding hydrogens is 174 g/mol. The lowest BCUT2D eigenvalue weighted by molar-refractivity contribution is 0.00504. The van der Waals surface area contributed by atoms with Crippen LogP contribution in [0.1, 0.15) is 58.3 Å². The van der Waals surface area contributed by atoms with Gasteiger partial charge in [-0.25, -0.2) is 0 Å². The second kappa shape index (κ2) is 6.41. The average Bonchev–Trinajstić information content (AvgIpc) is 2.18. The first-order valence-electron chi connectivity index (χ1n) is 6.20. The number of nitrogens with one attached hydrogen (secondary N) is 1. The summed E-state index contributed by atoms with van der Waals surface area (Å²) in [6.07, 6.45) is 9.50. The minimum Gasteiger partial charge on any atom is -0.389 e. The highest BCUT2D eigenvalue weighted by atomic mass is 16.3. The second-order valence-corrected chi connectivity index (χ2v) is 4.67. The van der Waals surface area contributed by atoms with Gasteiger partial charge in [0.15, 0.2) is 0 Å². The molecular formula is C12H25NO. The summed E-state index contributed by atoms with van der Waals surface area (Å²) in [4.78, 5) is 0. The molecule has 0 unspecified atom stereocenters. The van der Waals surface area contributed by atoms with E-state index < -0.39 is 0 Å². The van der Waals surface area contributed by atoms with E-state index in [1.54, 1.807) is 0 Å². The molecule has 1 aliphatic carbocycles. The Morgan fingerprint density at radius 3 is 2.50 bits per heavy atom. The Bertz CT molecular complexity index is 141. The molecule has 0 aromatic rings. The van der Waals surface area contributed by atoms with Gasteiger partial charge in [0, 0.05) is 6.54 Å². The normalized spacial score (nSPS) is 21.0. The Hall–Kier alpha value is -0.0800. The zero-order chi connectivity index (χ0) is 10.3. The predicted molar refractivity (Wildman–Crippen MR) is 60.4 cm³/mol. The highest BCUT2D eigenvalue weighted by Crippen LogP contribution is 2.27. The summed E-state index contributed by atoms with van der Waals surface area (Å²) in [7, 11) is 0. The SMILES string of the molecule is CCCCCNCC1(O)CCCCC1. The highest BCUT2D eigenvalue weighted by Gasteiger charge is 2.28. The predicted octanol–water partition coefficient (Wildman–Crippen LogP) is 2.46. The van der Waals surface area contributed by atoms with Gasteiger partial charge in [-0.05, 0) is 25.8 Å². The fourth-order valence-electron chi connectivity index (χ4n) is 2.21. The molecule has 2 nitrogen and oxygen atoms in total. The molecule has 2 N–H and O–H groups in total. The van der Waals surface area contributed by atoms with Gasteiger partial charge in [0.25, 0.3) is 0 Å². The molecule has 1 saturated carbocycles. The molecule has 0 aromatic heterocycles. The Morgan fingerprint density at radius 1 is 1.14 bits per heavy atom. The van der Waals surface area contributed by atoms with E-state index in [0.29, 0.717) is 0 Å². The van der Waals surface area contributed by atoms with Crippen LogP contribution in [0.5, 0.6) is 0 Å². The molecule has 0 amide bonds. The summed E-state index contributed by atoms with van der Waals surface area (Å²) in [6, 6.07) is 0. The maximum Gasteiger partial charge on any atom is 0.0771 e. The van der Waals surface area contributed by atoms with Crippen molar-refractivity contribution in [2.24, 2.45) is 0 Å². The minimum atomic E-state index is -0.384. The molecule has 84 valence electrons. The van der Waals surface area contributed by atoms with E-state index in [0.717, 1.165) is 25.9 Å². The zero-order valence-electron chi connectivity index (χ0n) is 9.52. The van der Waals surface area contributed by atoms with Gasteiger partial charge in [0.1, 0.15) is 0 Å². The summed E-state index contributed by atoms with van der Waals surface area (Å²) in [5.74, 6) is 0. The van der Waals surface area contributed by atoms with Crippen LogP contribution in [-0.4, -0.2) is 23.8 Å². The Morgan fingerprint density at radius 2 is 1.86 bits per heavy atom. The van der Waals surface area contributed by atoms with Crippen molar-refractivity contribution in [2.45, 2.75) is 63.9 Å². The van der Waals surface area contributed by atoms with E-state index in [1.165, 1.54) is 38.5 Å². The van der Waals surface area contributed by atoms with Crippen LogP contribution in [0, 0.1) is 0 Å². The third-order valence-electron chi connectivity index (χ3n) is 3.20. The van der Waals surface area contributed by atoms with E-state index in [2.05, 4.69) is 12.2 Å². The van der Waals surface area contributed by atoms with Gasteiger partial charge in [-0.3, -0.25) is 0 Å². The summed E-state index contributed by atoms with van der Waals surface area (Å²) < 4.78 is 0. The largest absolute Gasteiger partial charge is 0.389 e. The van der Waals surface area contributed by atoms with Crippen LogP contribution in [0.25, 0.3) is 0 Å². The van der Waals surface area contributed by atoms with Gasteiger partial charge in [-0.1, -0.05) is 39.0 Å². The van der Waals surface area contributed by atoms with Crippen molar-refractivity contribution in [3.8, 4) is 0 Å². The van der Waals surface area contributed by atoms with Crippen molar-refractivity contribution >= 4 is 0 Å². The highest BCUT2D eigenvalue weighted by molar-refractivity contribution is 4.84. The molecule has 1 fully saturated rings. The Kier molecular flexibility index (Phi) is 5.49. The molecule has 0 atom stereocenters. The van der Waals surface area contributed by atoms with E-state index in [4.69, 9.17) is 0 Å². The minimum absolute atomic E-state index is 0.384. The molecule has 0 bridgehead atoms. The van der Waals surface area contributed by atoms with E-state index in [1.807, 2.05) is 0 Å². The molecule has 1 rings (SSSR count). The van der Waals surface area contributed by atoms with Crippen LogP contribution in [0.2, 0.25) is 0 Å². The van der Waals surface area contributed by atoms with Crippen LogP contribution in [-0.2, 0) is 0 Å². The average molecular weight is 199 g/mol. The number of rotatable bonds is 6. The van der Waals surface area contributed by atoms with Crippen molar-refractivity contribution < 1.29 is 5.11 Å². The van der Waals surface area contributed by atoms with Crippen molar-refractivity contribution in [3.63, 3.8) is 0 Å². The smallest absolute Gasteiger partial charge is 0.0771 e. The topological polar surface area (TPSA) is 32.3 Å². The summed E-state index contributed by atoms with van der Waals surface area (Å²) in [5, 5.41) is 13.5. The lowest BCUT2D eigenvalue weighted by atomic mass is 9.85. The van der Waals surface area contributed by atoms with E-state index in [-0.39, 0.29) is 5.60 Å². The molecule has 0 spiro atoms. The van der Waals surface area contributed by atoms with E-state index in [9.17, 15) is 5.11 Å². The van der Waals surface area contributed by atoms with Gasteiger partial charge in [-0.15, -0.1) is 0 Å². The molecule has 0 heterocycles. The second-order valence-electron chi connectivity index (χ2n) is 4.67. The van der Waals surface area contributed by atoms with Crippen LogP contribution in [0.15, 0.2) is 0 Å². The molecule has 2 heteroatoms. The van der Waals surface area contributed by atoms with Crippen molar-refractivity contribution in [1.29, 1.82) is 0 Å². The van der Waals surface area contributed by atoms with Gasteiger partial charge in [0.05, 0.1) is 5.60 Å². The third kappa shape index (κ3) is 4.43. The number of hydrogen-bond donors (Lipinski definition) is 2. The van der Waals surface area contributed by atoms with Crippen molar-refractivity contribution in [3.05, 3.63) is 0 Å². The first kappa shape index (κ1) is 12.0. The molecule has 14 heavy (non-hydrogen) atoms. The summed E-state index contributed by atoms with van der Waals surface area (Å²) in [6.45, 7) is 4.08. The summed E-state index contributed by atoms with van der Waals surface area (Å²) in [5.41, 5.74) is -0.384. The lowest BCUT2D eigenvalue weighted by Gasteiger charge is -2.32. The first-order chi connectivity index (χ1) is 6.77. The van der Waals surface area contributed by atoms with E-state index >= 15 is 0 Å². The van der Waals surface area contributed by atoms with Crippen LogP contribution in [0.3, 0.4) is 0 Å². The molecule has 1 aliphatic rings. The fourth-order valence-corrected chi connectivity index (χ4v) is 2.21. The number of unbranched alkanes of at least 4 members (excludes halogenated alkanes) is 2. The zero-order valence-corrected chi connectivity index (χ0v) is 9.52. The molecule has 0 radical (unpaired) electrons. The number of hydrogen-bond acceptors (Lipinski definition) is 2. The molecule has 0 aliphatic heterocycles. The monoisotopic (exact) mass is 199 g/mol. The quantitative estimate of drug-likeness (QED) is 0.644. The van der Waals surface area contributed by atoms with Crippen LogP contribution < -0.4 is 5.32 Å². The molecule has 0 aromatic carbocycles. The van der Waals surface area contributed by atoms with Crippen LogP contribution >= 0.6 is 0 Å². The van der Waals surface area contributed by atoms with Crippen LogP contribution in [0.4, 0.5) is 0 Å². The Balaban J connectivity index is 2.03. The Labute approximate surface area is 88.1 Å². The maximum atomic E-state index is 10.2. The third-order valence-corrected chi connectivity index (χ3v) is 3.20. The standard InChI is InChI=1S/C12H25NO/c1-2-3-7-10-13-11-12(14)8-5-4-6-9-12/h13-14H,2-11H2,1H3. The fraction of sp³-hybridized carbons (Fsp3) is 1.00. The number of aliphatic hydroxyl groups is 1. The van der Waals surface area contributed by atoms with Gasteiger partial charge < -0.3 is 10.4 Å². The lowest BCUT2D eigenvalue weighted by Crippen LogP contribution is -2.42. The first-order valence-corrected chi connectivity index (χ1v) is 6.20. The van der Waals surface area contributed by atoms with Crippen molar-refractivity contribution in [2.75, 3.05) is 13.1 Å². The van der Waals surface area contributed by atoms with Gasteiger partial charge >= 0.3 is 0 Å². The summed E-state index contributed by atoms with van der Waals surface area (Å²) >= 11 is 0. The van der Waals surface area contributed by atoms with Gasteiger partial charge in [-0.2, -0.15) is 0 Å². The molecule has 0 saturated heterocycles. The van der Waals surface area contributed by atoms with Crippen molar-refractivity contribution in [1.82, 2.24) is 5.32 Å². The van der Waals surface area contributed by atoms with Gasteiger partial charge in [0.2, 0.25) is 0 Å². The maximum absolute atomic E-state index is 10.2.